The van der Waals surface area contributed by atoms with Crippen LogP contribution >= 0.6 is 0 Å². The van der Waals surface area contributed by atoms with Crippen molar-refractivity contribution in [3.63, 3.8) is 0 Å². The number of benzene rings is 3. The summed E-state index contributed by atoms with van der Waals surface area (Å²) < 4.78 is 5.26. The van der Waals surface area contributed by atoms with Crippen molar-refractivity contribution < 1.29 is 45.5 Å². The number of amides is 3. The van der Waals surface area contributed by atoms with Crippen molar-refractivity contribution in [1.82, 2.24) is 9.80 Å². The number of cyclic esters (lactones) is 1. The number of rotatable bonds is 12. The Morgan fingerprint density at radius 3 is 2.19 bits per heavy atom. The van der Waals surface area contributed by atoms with E-state index in [1.54, 1.807) is 24.3 Å². The van der Waals surface area contributed by atoms with Gasteiger partial charge >= 0.3 is 12.1 Å². The molecule has 48 heavy (non-hydrogen) atoms. The fraction of sp³-hybridized carbons (Fsp3) is 0.378. The Bertz CT molecular complexity index is 1590. The van der Waals surface area contributed by atoms with Crippen molar-refractivity contribution in [3.8, 4) is 0 Å². The van der Waals surface area contributed by atoms with Crippen LogP contribution in [0.25, 0.3) is 5.32 Å². The van der Waals surface area contributed by atoms with Crippen molar-refractivity contribution in [2.75, 3.05) is 26.2 Å². The van der Waals surface area contributed by atoms with Crippen molar-refractivity contribution in [2.24, 2.45) is 16.8 Å². The Kier molecular flexibility index (Phi) is 13.1. The third kappa shape index (κ3) is 8.96. The van der Waals surface area contributed by atoms with Gasteiger partial charge in [-0.25, -0.2) is 14.5 Å². The number of nitrogens with zero attached hydrogens (tertiary/aromatic N) is 4. The first-order valence-electron chi connectivity index (χ1n) is 16.2. The molecule has 2 saturated heterocycles. The van der Waals surface area contributed by atoms with E-state index in [-0.39, 0.29) is 47.9 Å². The summed E-state index contributed by atoms with van der Waals surface area (Å²) in [4.78, 5) is 60.6. The minimum atomic E-state index is -1.35. The van der Waals surface area contributed by atoms with Gasteiger partial charge in [0.25, 0.3) is 0 Å². The Morgan fingerprint density at radius 1 is 0.917 bits per heavy atom. The number of aliphatic carboxylic acids is 1. The standard InChI is InChI=1S/C37H42N4O6.Ni/c1-25(2)29(22-33(43)41-31(24-47-37(41)46)26-14-6-3-7-15-26)35(36(44)45)39-34(27-16-8-4-9-17-27)28-18-10-11-19-30(28)38-32(42)23-40-20-12-5-13-21-40;/h3-4,6-11,14-19,25,29,31,35H,5,12-13,20-24H2,1-2H3,(H2,38,39,42,44,45);/p-1/t29-,31+,35+;/m1./s1. The van der Waals surface area contributed by atoms with E-state index in [1.165, 1.54) is 0 Å². The van der Waals surface area contributed by atoms with E-state index in [2.05, 4.69) is 10.2 Å². The summed E-state index contributed by atoms with van der Waals surface area (Å²) in [7, 11) is 0. The molecule has 0 saturated carbocycles. The van der Waals surface area contributed by atoms with E-state index in [4.69, 9.17) is 9.73 Å². The van der Waals surface area contributed by atoms with Crippen LogP contribution in [0.1, 0.15) is 62.3 Å². The van der Waals surface area contributed by atoms with E-state index in [1.807, 2.05) is 74.5 Å². The SMILES string of the molecule is CC(C)[C@@H](CC(=O)N1C(=O)OC[C@H]1c1ccccc1)[C@H](N=C(c1ccccc1)c1ccccc1[N-]C(=O)CN1CCCCC1)C(=O)O.[Ni]. The number of hydrogen-bond acceptors (Lipinski definition) is 7. The van der Waals surface area contributed by atoms with Gasteiger partial charge in [-0.15, -0.1) is 5.69 Å². The number of carbonyl (C=O) groups is 4. The fourth-order valence-corrected chi connectivity index (χ4v) is 6.25. The topological polar surface area (TPSA) is 131 Å². The van der Waals surface area contributed by atoms with E-state index in [0.717, 1.165) is 42.8 Å². The van der Waals surface area contributed by atoms with Crippen LogP contribution in [-0.4, -0.2) is 76.8 Å². The summed E-state index contributed by atoms with van der Waals surface area (Å²) in [6.07, 6.45) is 2.27. The summed E-state index contributed by atoms with van der Waals surface area (Å²) in [6, 6.07) is 23.4. The zero-order chi connectivity index (χ0) is 33.3. The van der Waals surface area contributed by atoms with Crippen molar-refractivity contribution >= 4 is 35.3 Å². The second-order valence-corrected chi connectivity index (χ2v) is 12.4. The van der Waals surface area contributed by atoms with Gasteiger partial charge < -0.3 is 20.0 Å². The molecule has 0 unspecified atom stereocenters. The Balaban J connectivity index is 0.00000520. The van der Waals surface area contributed by atoms with Gasteiger partial charge in [0.1, 0.15) is 12.6 Å². The first-order chi connectivity index (χ1) is 22.7. The molecule has 3 aromatic carbocycles. The number of carbonyl (C=O) groups excluding carboxylic acids is 3. The number of likely N-dealkylation sites (tertiary alicyclic amines) is 1. The predicted molar refractivity (Wildman–Crippen MR) is 179 cm³/mol. The molecule has 0 spiro atoms. The molecule has 0 radical (unpaired) electrons. The molecule has 0 aliphatic carbocycles. The third-order valence-electron chi connectivity index (χ3n) is 8.78. The Labute approximate surface area is 291 Å². The van der Waals surface area contributed by atoms with Crippen molar-refractivity contribution in [2.45, 2.75) is 51.6 Å². The quantitative estimate of drug-likeness (QED) is 0.172. The molecule has 2 aliphatic heterocycles. The van der Waals surface area contributed by atoms with Gasteiger partial charge in [0, 0.05) is 40.9 Å². The largest absolute Gasteiger partial charge is 0.625 e. The molecule has 3 aromatic rings. The summed E-state index contributed by atoms with van der Waals surface area (Å²) >= 11 is 0. The zero-order valence-electron chi connectivity index (χ0n) is 27.1. The van der Waals surface area contributed by atoms with Crippen LogP contribution in [0.4, 0.5) is 10.5 Å². The molecule has 11 heteroatoms. The number of carboxylic acid groups (broad SMARTS) is 1. The van der Waals surface area contributed by atoms with Crippen molar-refractivity contribution in [3.05, 3.63) is 107 Å². The van der Waals surface area contributed by atoms with Gasteiger partial charge in [-0.3, -0.25) is 14.7 Å². The van der Waals surface area contributed by atoms with Gasteiger partial charge in [0.05, 0.1) is 11.6 Å². The zero-order valence-corrected chi connectivity index (χ0v) is 28.1. The van der Waals surface area contributed by atoms with Crippen LogP contribution in [0.3, 0.4) is 0 Å². The molecule has 2 aliphatic rings. The van der Waals surface area contributed by atoms with E-state index >= 15 is 0 Å². The summed E-state index contributed by atoms with van der Waals surface area (Å²) in [6.45, 7) is 5.63. The maximum absolute atomic E-state index is 13.8. The molecule has 0 bridgehead atoms. The number of imide groups is 1. The van der Waals surface area contributed by atoms with Crippen molar-refractivity contribution in [1.29, 1.82) is 0 Å². The molecule has 0 aromatic heterocycles. The van der Waals surface area contributed by atoms with Crippen LogP contribution in [-0.2, 0) is 35.6 Å². The number of piperidine rings is 1. The van der Waals surface area contributed by atoms with Gasteiger partial charge in [0.2, 0.25) is 5.91 Å². The molecule has 1 N–H and O–H groups in total. The second-order valence-electron chi connectivity index (χ2n) is 12.4. The minimum absolute atomic E-state index is 0. The second kappa shape index (κ2) is 17.2. The monoisotopic (exact) mass is 695 g/mol. The van der Waals surface area contributed by atoms with Crippen LogP contribution in [0.2, 0.25) is 0 Å². The van der Waals surface area contributed by atoms with E-state index in [9.17, 15) is 24.3 Å². The van der Waals surface area contributed by atoms with E-state index < -0.39 is 36.0 Å². The van der Waals surface area contributed by atoms with Gasteiger partial charge in [-0.2, -0.15) is 0 Å². The minimum Gasteiger partial charge on any atom is -0.625 e. The van der Waals surface area contributed by atoms with Crippen LogP contribution in [0.15, 0.2) is 89.9 Å². The van der Waals surface area contributed by atoms with Gasteiger partial charge in [-0.05, 0) is 43.0 Å². The first kappa shape index (κ1) is 36.5. The molecule has 5 rings (SSSR count). The fourth-order valence-electron chi connectivity index (χ4n) is 6.25. The number of carboxylic acids is 1. The molecular formula is C37H41N4NiO6-. The normalized spacial score (nSPS) is 18.1. The van der Waals surface area contributed by atoms with Crippen LogP contribution < -0.4 is 0 Å². The molecule has 10 nitrogen and oxygen atoms in total. The predicted octanol–water partition coefficient (Wildman–Crippen LogP) is 6.37. The molecule has 256 valence electrons. The average molecular weight is 696 g/mol. The third-order valence-corrected chi connectivity index (χ3v) is 8.78. The molecule has 2 heterocycles. The average Bonchev–Trinajstić information content (AvgIpc) is 3.47. The van der Waals surface area contributed by atoms with Crippen LogP contribution in [0.5, 0.6) is 0 Å². The molecule has 2 fully saturated rings. The molecular weight excluding hydrogens is 655 g/mol. The number of ether oxygens (including phenoxy) is 1. The first-order valence-corrected chi connectivity index (χ1v) is 16.2. The summed E-state index contributed by atoms with van der Waals surface area (Å²) in [5.74, 6) is -3.07. The smallest absolute Gasteiger partial charge is 0.417 e. The van der Waals surface area contributed by atoms with Gasteiger partial charge in [0.15, 0.2) is 6.04 Å². The number of hydrogen-bond donors (Lipinski definition) is 1. The molecule has 3 amide bonds. The summed E-state index contributed by atoms with van der Waals surface area (Å²) in [5.41, 5.74) is 2.65. The summed E-state index contributed by atoms with van der Waals surface area (Å²) in [5, 5.41) is 15.0. The number of para-hydroxylation sites is 1. The van der Waals surface area contributed by atoms with Gasteiger partial charge in [-0.1, -0.05) is 105 Å². The maximum Gasteiger partial charge on any atom is 0.417 e. The van der Waals surface area contributed by atoms with E-state index in [0.29, 0.717) is 22.5 Å². The molecule has 3 atom stereocenters. The Morgan fingerprint density at radius 2 is 1.54 bits per heavy atom. The number of aliphatic imine (C=N–C) groups is 1. The Hall–Kier alpha value is -4.34. The van der Waals surface area contributed by atoms with Crippen LogP contribution in [0, 0.1) is 11.8 Å². The maximum atomic E-state index is 13.8.